The van der Waals surface area contributed by atoms with E-state index >= 15 is 0 Å². The van der Waals surface area contributed by atoms with E-state index in [4.69, 9.17) is 21.1 Å². The Bertz CT molecular complexity index is 1630. The number of rotatable bonds is 8. The molecule has 0 saturated heterocycles. The summed E-state index contributed by atoms with van der Waals surface area (Å²) < 4.78 is 53.6. The summed E-state index contributed by atoms with van der Waals surface area (Å²) in [5.74, 6) is -0.750. The van der Waals surface area contributed by atoms with Crippen LogP contribution >= 0.6 is 11.6 Å². The highest BCUT2D eigenvalue weighted by Gasteiger charge is 2.33. The summed E-state index contributed by atoms with van der Waals surface area (Å²) in [6, 6.07) is 14.6. The molecule has 7 nitrogen and oxygen atoms in total. The van der Waals surface area contributed by atoms with Gasteiger partial charge in [-0.1, -0.05) is 18.2 Å². The number of alkyl halides is 4. The van der Waals surface area contributed by atoms with Crippen LogP contribution in [0.4, 0.5) is 18.9 Å². The molecule has 0 spiro atoms. The van der Waals surface area contributed by atoms with E-state index in [1.165, 1.54) is 42.0 Å². The van der Waals surface area contributed by atoms with Gasteiger partial charge in [-0.3, -0.25) is 9.59 Å². The third-order valence-corrected chi connectivity index (χ3v) is 6.28. The van der Waals surface area contributed by atoms with Crippen LogP contribution in [-0.2, 0) is 28.1 Å². The molecule has 1 amide bonds. The number of ether oxygens (including phenoxy) is 2. The first-order valence-corrected chi connectivity index (χ1v) is 12.7. The second-order valence-electron chi connectivity index (χ2n) is 8.75. The molecule has 0 radical (unpaired) electrons. The maximum absolute atomic E-state index is 13.7. The number of nitrogens with zero attached hydrogens (tertiary/aromatic N) is 1. The van der Waals surface area contributed by atoms with Crippen molar-refractivity contribution in [1.29, 1.82) is 0 Å². The number of hydrogen-bond acceptors (Lipinski definition) is 5. The first-order chi connectivity index (χ1) is 19.0. The Balaban J connectivity index is 1.88. The molecule has 0 aliphatic heterocycles. The monoisotopic (exact) mass is 572 g/mol. The van der Waals surface area contributed by atoms with Crippen LogP contribution < -0.4 is 15.5 Å². The van der Waals surface area contributed by atoms with Gasteiger partial charge in [-0.05, 0) is 55.0 Å². The van der Waals surface area contributed by atoms with Gasteiger partial charge in [0.25, 0.3) is 0 Å². The Labute approximate surface area is 232 Å². The highest BCUT2D eigenvalue weighted by atomic mass is 35.5. The molecule has 40 heavy (non-hydrogen) atoms. The van der Waals surface area contributed by atoms with Gasteiger partial charge >= 0.3 is 12.1 Å². The first kappa shape index (κ1) is 28.7. The molecule has 0 bridgehead atoms. The van der Waals surface area contributed by atoms with Crippen molar-refractivity contribution in [2.45, 2.75) is 32.4 Å². The van der Waals surface area contributed by atoms with Gasteiger partial charge in [0.2, 0.25) is 11.3 Å². The third kappa shape index (κ3) is 6.12. The molecule has 0 fully saturated rings. The molecule has 4 rings (SSSR count). The number of benzene rings is 3. The number of carbonyl (C=O) groups is 2. The maximum atomic E-state index is 13.7. The van der Waals surface area contributed by atoms with Crippen molar-refractivity contribution in [2.24, 2.45) is 0 Å². The number of aromatic nitrogens is 1. The Morgan fingerprint density at radius 1 is 1.02 bits per heavy atom. The number of halogens is 4. The second kappa shape index (κ2) is 11.8. The fourth-order valence-electron chi connectivity index (χ4n) is 4.30. The largest absolute Gasteiger partial charge is 0.462 e. The van der Waals surface area contributed by atoms with E-state index in [-0.39, 0.29) is 58.3 Å². The summed E-state index contributed by atoms with van der Waals surface area (Å²) >= 11 is 6.28. The molecular weight excluding hydrogens is 549 g/mol. The lowest BCUT2D eigenvalue weighted by molar-refractivity contribution is -0.138. The predicted molar refractivity (Wildman–Crippen MR) is 145 cm³/mol. The number of esters is 1. The molecular formula is C29H24ClF3N2O5. The number of pyridine rings is 1. The highest BCUT2D eigenvalue weighted by molar-refractivity contribution is 6.18. The highest BCUT2D eigenvalue weighted by Crippen LogP contribution is 2.35. The summed E-state index contributed by atoms with van der Waals surface area (Å²) in [5, 5.41) is 2.67. The molecule has 1 aromatic heterocycles. The molecule has 208 valence electrons. The van der Waals surface area contributed by atoms with Crippen LogP contribution in [0.15, 0.2) is 71.7 Å². The van der Waals surface area contributed by atoms with E-state index in [0.29, 0.717) is 11.4 Å². The van der Waals surface area contributed by atoms with Crippen molar-refractivity contribution < 1.29 is 32.2 Å². The van der Waals surface area contributed by atoms with Crippen LogP contribution in [0.1, 0.15) is 40.9 Å². The minimum absolute atomic E-state index is 0.00673. The number of anilines is 1. The molecule has 0 aliphatic carbocycles. The summed E-state index contributed by atoms with van der Waals surface area (Å²) in [6.45, 7) is 2.66. The molecule has 1 N–H and O–H groups in total. The van der Waals surface area contributed by atoms with Gasteiger partial charge in [0.05, 0.1) is 29.0 Å². The van der Waals surface area contributed by atoms with Crippen molar-refractivity contribution in [3.05, 3.63) is 99.3 Å². The maximum Gasteiger partial charge on any atom is 0.416 e. The minimum Gasteiger partial charge on any atom is -0.462 e. The lowest BCUT2D eigenvalue weighted by Crippen LogP contribution is -2.22. The van der Waals surface area contributed by atoms with E-state index in [9.17, 15) is 27.6 Å². The van der Waals surface area contributed by atoms with Gasteiger partial charge in [0.1, 0.15) is 17.1 Å². The fourth-order valence-corrected chi connectivity index (χ4v) is 4.56. The summed E-state index contributed by atoms with van der Waals surface area (Å²) in [6.07, 6.45) is -3.40. The Hall–Kier alpha value is -4.31. The van der Waals surface area contributed by atoms with Gasteiger partial charge in [-0.25, -0.2) is 4.79 Å². The molecule has 3 aromatic carbocycles. The lowest BCUT2D eigenvalue weighted by Gasteiger charge is -2.19. The average molecular weight is 573 g/mol. The van der Waals surface area contributed by atoms with E-state index in [1.54, 1.807) is 37.3 Å². The van der Waals surface area contributed by atoms with E-state index in [1.807, 2.05) is 0 Å². The van der Waals surface area contributed by atoms with Gasteiger partial charge < -0.3 is 19.4 Å². The van der Waals surface area contributed by atoms with Crippen LogP contribution in [0.2, 0.25) is 0 Å². The standard InChI is InChI=1S/C29H24ClF3N2O5/c1-3-39-28(38)22-16-35(15-18-6-4-5-7-23(18)29(31,32)33)24-12-13-25(21(14-30)26(24)27(22)37)40-20-10-8-19(9-11-20)34-17(2)36/h4-13,16H,3,14-15H2,1-2H3,(H,34,36). The van der Waals surface area contributed by atoms with Gasteiger partial charge in [-0.2, -0.15) is 13.2 Å². The zero-order valence-corrected chi connectivity index (χ0v) is 22.2. The molecule has 0 unspecified atom stereocenters. The number of fused-ring (bicyclic) bond motifs is 1. The van der Waals surface area contributed by atoms with Crippen LogP contribution in [0.3, 0.4) is 0 Å². The predicted octanol–water partition coefficient (Wildman–Crippen LogP) is 6.73. The van der Waals surface area contributed by atoms with Gasteiger partial charge in [0.15, 0.2) is 0 Å². The molecule has 0 atom stereocenters. The number of carbonyl (C=O) groups excluding carboxylic acids is 2. The van der Waals surface area contributed by atoms with Crippen molar-refractivity contribution >= 4 is 40.1 Å². The smallest absolute Gasteiger partial charge is 0.416 e. The number of nitrogens with one attached hydrogen (secondary N) is 1. The zero-order valence-electron chi connectivity index (χ0n) is 21.5. The molecule has 11 heteroatoms. The van der Waals surface area contributed by atoms with Crippen LogP contribution in [-0.4, -0.2) is 23.1 Å². The molecule has 0 saturated carbocycles. The van der Waals surface area contributed by atoms with Crippen LogP contribution in [0, 0.1) is 0 Å². The van der Waals surface area contributed by atoms with Gasteiger partial charge in [0, 0.05) is 30.9 Å². The minimum atomic E-state index is -4.60. The number of amides is 1. The quantitative estimate of drug-likeness (QED) is 0.187. The van der Waals surface area contributed by atoms with Crippen molar-refractivity contribution in [1.82, 2.24) is 4.57 Å². The Morgan fingerprint density at radius 3 is 2.35 bits per heavy atom. The molecule has 4 aromatic rings. The summed E-state index contributed by atoms with van der Waals surface area (Å²) in [5.41, 5.74) is -0.852. The normalized spacial score (nSPS) is 11.3. The Morgan fingerprint density at radius 2 is 1.73 bits per heavy atom. The SMILES string of the molecule is CCOC(=O)c1cn(Cc2ccccc2C(F)(F)F)c2ccc(Oc3ccc(NC(C)=O)cc3)c(CCl)c2c1=O. The topological polar surface area (TPSA) is 86.6 Å². The third-order valence-electron chi connectivity index (χ3n) is 6.01. The van der Waals surface area contributed by atoms with Gasteiger partial charge in [-0.15, -0.1) is 11.6 Å². The summed E-state index contributed by atoms with van der Waals surface area (Å²) in [7, 11) is 0. The van der Waals surface area contributed by atoms with E-state index in [2.05, 4.69) is 5.32 Å². The van der Waals surface area contributed by atoms with E-state index < -0.39 is 23.1 Å². The van der Waals surface area contributed by atoms with Crippen molar-refractivity contribution in [3.63, 3.8) is 0 Å². The average Bonchev–Trinajstić information content (AvgIpc) is 2.90. The molecule has 1 heterocycles. The van der Waals surface area contributed by atoms with Crippen molar-refractivity contribution in [2.75, 3.05) is 11.9 Å². The zero-order chi connectivity index (χ0) is 29.0. The van der Waals surface area contributed by atoms with Crippen LogP contribution in [0.5, 0.6) is 11.5 Å². The first-order valence-electron chi connectivity index (χ1n) is 12.2. The lowest BCUT2D eigenvalue weighted by atomic mass is 10.0. The Kier molecular flexibility index (Phi) is 8.49. The van der Waals surface area contributed by atoms with Crippen molar-refractivity contribution in [3.8, 4) is 11.5 Å². The number of hydrogen-bond donors (Lipinski definition) is 1. The van der Waals surface area contributed by atoms with E-state index in [0.717, 1.165) is 6.07 Å². The molecule has 0 aliphatic rings. The van der Waals surface area contributed by atoms with Crippen LogP contribution in [0.25, 0.3) is 10.9 Å². The second-order valence-corrected chi connectivity index (χ2v) is 9.02. The fraction of sp³-hybridized carbons (Fsp3) is 0.207. The summed E-state index contributed by atoms with van der Waals surface area (Å²) in [4.78, 5) is 37.6.